The van der Waals surface area contributed by atoms with E-state index in [0.29, 0.717) is 5.41 Å². The molecule has 0 radical (unpaired) electrons. The predicted molar refractivity (Wildman–Crippen MR) is 89.8 cm³/mol. The van der Waals surface area contributed by atoms with Crippen LogP contribution >= 0.6 is 0 Å². The van der Waals surface area contributed by atoms with Gasteiger partial charge < -0.3 is 0 Å². The lowest BCUT2D eigenvalue weighted by molar-refractivity contribution is -0.0204. The minimum Gasteiger partial charge on any atom is -0.0591 e. The molecule has 3 aliphatic carbocycles. The summed E-state index contributed by atoms with van der Waals surface area (Å²) in [6.45, 7) is 7.28. The van der Waals surface area contributed by atoms with Gasteiger partial charge in [-0.3, -0.25) is 0 Å². The van der Waals surface area contributed by atoms with Gasteiger partial charge in [0.1, 0.15) is 0 Å². The van der Waals surface area contributed by atoms with Crippen LogP contribution in [0, 0.1) is 31.1 Å². The molecule has 4 atom stereocenters. The molecule has 0 aliphatic heterocycles. The smallest absolute Gasteiger partial charge is 0.0125 e. The average molecular weight is 282 g/mol. The van der Waals surface area contributed by atoms with Crippen molar-refractivity contribution in [3.63, 3.8) is 0 Å². The van der Waals surface area contributed by atoms with Crippen molar-refractivity contribution in [2.75, 3.05) is 0 Å². The maximum absolute atomic E-state index is 2.65. The number of hydrogen-bond acceptors (Lipinski definition) is 0. The second-order valence-corrected chi connectivity index (χ2v) is 8.35. The van der Waals surface area contributed by atoms with Gasteiger partial charge in [-0.05, 0) is 97.8 Å². The Morgan fingerprint density at radius 2 is 1.86 bits per heavy atom. The molecule has 0 saturated heterocycles. The molecule has 21 heavy (non-hydrogen) atoms. The molecule has 4 rings (SSSR count). The van der Waals surface area contributed by atoms with Gasteiger partial charge in [-0.1, -0.05) is 31.9 Å². The summed E-state index contributed by atoms with van der Waals surface area (Å²) < 4.78 is 0. The summed E-state index contributed by atoms with van der Waals surface area (Å²) in [5, 5.41) is 0. The zero-order valence-corrected chi connectivity index (χ0v) is 14.0. The second-order valence-electron chi connectivity index (χ2n) is 8.35. The average Bonchev–Trinajstić information content (AvgIpc) is 2.50. The first-order chi connectivity index (χ1) is 10.1. The molecule has 1 aromatic rings. The van der Waals surface area contributed by atoms with Crippen molar-refractivity contribution in [3.8, 4) is 0 Å². The molecule has 2 fully saturated rings. The van der Waals surface area contributed by atoms with Gasteiger partial charge in [0.25, 0.3) is 0 Å². The number of hydrogen-bond donors (Lipinski definition) is 0. The van der Waals surface area contributed by atoms with Gasteiger partial charge in [0.15, 0.2) is 0 Å². The Hall–Kier alpha value is -0.780. The third kappa shape index (κ3) is 1.94. The van der Waals surface area contributed by atoms with Gasteiger partial charge in [0.2, 0.25) is 0 Å². The number of rotatable bonds is 0. The van der Waals surface area contributed by atoms with E-state index >= 15 is 0 Å². The monoisotopic (exact) mass is 282 g/mol. The summed E-state index contributed by atoms with van der Waals surface area (Å²) in [4.78, 5) is 0. The van der Waals surface area contributed by atoms with Gasteiger partial charge in [-0.15, -0.1) is 0 Å². The van der Waals surface area contributed by atoms with Crippen LogP contribution in [0.2, 0.25) is 0 Å². The highest BCUT2D eigenvalue weighted by Gasteiger charge is 2.50. The summed E-state index contributed by atoms with van der Waals surface area (Å²) in [6.07, 6.45) is 11.7. The Labute approximate surface area is 130 Å². The summed E-state index contributed by atoms with van der Waals surface area (Å²) in [7, 11) is 0. The summed E-state index contributed by atoms with van der Waals surface area (Å²) >= 11 is 0. The van der Waals surface area contributed by atoms with E-state index in [9.17, 15) is 0 Å². The van der Waals surface area contributed by atoms with Crippen LogP contribution in [-0.2, 0) is 6.42 Å². The van der Waals surface area contributed by atoms with Crippen LogP contribution in [0.3, 0.4) is 0 Å². The van der Waals surface area contributed by atoms with Gasteiger partial charge in [-0.2, -0.15) is 0 Å². The van der Waals surface area contributed by atoms with Crippen molar-refractivity contribution in [3.05, 3.63) is 34.4 Å². The van der Waals surface area contributed by atoms with E-state index in [0.717, 1.165) is 17.8 Å². The van der Waals surface area contributed by atoms with Crippen molar-refractivity contribution in [1.29, 1.82) is 0 Å². The van der Waals surface area contributed by atoms with Crippen LogP contribution in [0.1, 0.15) is 80.0 Å². The molecular weight excluding hydrogens is 252 g/mol. The fraction of sp³-hybridized carbons (Fsp3) is 0.714. The van der Waals surface area contributed by atoms with Crippen molar-refractivity contribution < 1.29 is 0 Å². The minimum atomic E-state index is 0.650. The van der Waals surface area contributed by atoms with E-state index in [1.54, 1.807) is 16.7 Å². The lowest BCUT2D eigenvalue weighted by atomic mass is 9.49. The molecule has 0 heteroatoms. The van der Waals surface area contributed by atoms with Crippen LogP contribution in [0.15, 0.2) is 12.1 Å². The fourth-order valence-corrected chi connectivity index (χ4v) is 6.21. The molecule has 0 amide bonds. The van der Waals surface area contributed by atoms with Crippen LogP contribution in [0.25, 0.3) is 0 Å². The molecular formula is C21H30. The molecule has 3 aliphatic rings. The van der Waals surface area contributed by atoms with Crippen LogP contribution < -0.4 is 0 Å². The van der Waals surface area contributed by atoms with Crippen molar-refractivity contribution in [1.82, 2.24) is 0 Å². The van der Waals surface area contributed by atoms with Crippen LogP contribution in [-0.4, -0.2) is 0 Å². The highest BCUT2D eigenvalue weighted by atomic mass is 14.5. The maximum Gasteiger partial charge on any atom is -0.0125 e. The SMILES string of the molecule is Cc1ccc2c(c1C)CC[C@H]1[C@@H]2CC[C@H]2CCCC[C@@]21C. The lowest BCUT2D eigenvalue weighted by Gasteiger charge is -2.56. The summed E-state index contributed by atoms with van der Waals surface area (Å²) in [6, 6.07) is 4.87. The van der Waals surface area contributed by atoms with Gasteiger partial charge in [0.05, 0.1) is 0 Å². The Morgan fingerprint density at radius 1 is 1.00 bits per heavy atom. The Bertz CT molecular complexity index is 555. The molecule has 1 aromatic carbocycles. The second kappa shape index (κ2) is 4.86. The Kier molecular flexibility index (Phi) is 3.21. The predicted octanol–water partition coefficient (Wildman–Crippen LogP) is 5.94. The van der Waals surface area contributed by atoms with E-state index in [1.807, 2.05) is 0 Å². The van der Waals surface area contributed by atoms with Crippen LogP contribution in [0.4, 0.5) is 0 Å². The fourth-order valence-electron chi connectivity index (χ4n) is 6.21. The van der Waals surface area contributed by atoms with E-state index in [2.05, 4.69) is 32.9 Å². The van der Waals surface area contributed by atoms with Gasteiger partial charge in [0, 0.05) is 0 Å². The topological polar surface area (TPSA) is 0 Å². The summed E-state index contributed by atoms with van der Waals surface area (Å²) in [5.74, 6) is 2.86. The molecule has 114 valence electrons. The number of benzene rings is 1. The van der Waals surface area contributed by atoms with E-state index < -0.39 is 0 Å². The van der Waals surface area contributed by atoms with E-state index in [1.165, 1.54) is 56.9 Å². The zero-order chi connectivity index (χ0) is 14.6. The van der Waals surface area contributed by atoms with Crippen molar-refractivity contribution in [2.45, 2.75) is 78.1 Å². The molecule has 0 aromatic heterocycles. The normalized spacial score (nSPS) is 38.3. The van der Waals surface area contributed by atoms with Gasteiger partial charge in [-0.25, -0.2) is 0 Å². The third-order valence-corrected chi connectivity index (χ3v) is 7.62. The Balaban J connectivity index is 1.75. The van der Waals surface area contributed by atoms with Crippen LogP contribution in [0.5, 0.6) is 0 Å². The lowest BCUT2D eigenvalue weighted by Crippen LogP contribution is -2.46. The number of fused-ring (bicyclic) bond motifs is 5. The Morgan fingerprint density at radius 3 is 2.71 bits per heavy atom. The third-order valence-electron chi connectivity index (χ3n) is 7.62. The van der Waals surface area contributed by atoms with Crippen molar-refractivity contribution in [2.24, 2.45) is 17.3 Å². The first-order valence-corrected chi connectivity index (χ1v) is 9.20. The minimum absolute atomic E-state index is 0.650. The summed E-state index contributed by atoms with van der Waals surface area (Å²) in [5.41, 5.74) is 7.18. The highest BCUT2D eigenvalue weighted by molar-refractivity contribution is 5.44. The molecule has 0 spiro atoms. The quantitative estimate of drug-likeness (QED) is 0.552. The molecule has 0 N–H and O–H groups in total. The number of aryl methyl sites for hydroxylation is 1. The zero-order valence-electron chi connectivity index (χ0n) is 14.0. The molecule has 0 bridgehead atoms. The standard InChI is InChI=1S/C21H30/c1-14-7-9-18-17(15(14)2)11-12-20-19(18)10-8-16-6-4-5-13-21(16,20)3/h7,9,16,19-20H,4-6,8,10-13H2,1-3H3/t16-,19-,20+,21+/m1/s1. The van der Waals surface area contributed by atoms with Crippen molar-refractivity contribution >= 4 is 0 Å². The van der Waals surface area contributed by atoms with E-state index in [4.69, 9.17) is 0 Å². The molecule has 0 heterocycles. The molecule has 2 saturated carbocycles. The molecule has 0 unspecified atom stereocenters. The van der Waals surface area contributed by atoms with E-state index in [-0.39, 0.29) is 0 Å². The first kappa shape index (κ1) is 13.9. The highest BCUT2D eigenvalue weighted by Crippen LogP contribution is 2.60. The maximum atomic E-state index is 2.65. The largest absolute Gasteiger partial charge is 0.0591 e. The first-order valence-electron chi connectivity index (χ1n) is 9.20. The van der Waals surface area contributed by atoms with Gasteiger partial charge >= 0.3 is 0 Å². The molecule has 0 nitrogen and oxygen atoms in total.